The van der Waals surface area contributed by atoms with Gasteiger partial charge in [-0.25, -0.2) is 0 Å². The van der Waals surface area contributed by atoms with Crippen molar-refractivity contribution in [1.82, 2.24) is 36.1 Å². The van der Waals surface area contributed by atoms with Gasteiger partial charge in [-0.15, -0.1) is 0 Å². The summed E-state index contributed by atoms with van der Waals surface area (Å²) in [4.78, 5) is 97.7. The number of Topliss-reactive ketones (excluding diaryl/α,β-unsaturated/α-hetero) is 1. The monoisotopic (exact) mass is 1030 g/mol. The number of aromatic nitrogens is 1. The summed E-state index contributed by atoms with van der Waals surface area (Å²) in [6.45, 7) is 2.08. The Kier molecular flexibility index (Phi) is 16.6. The Balaban J connectivity index is 1.03. The summed E-state index contributed by atoms with van der Waals surface area (Å²) >= 11 is 0. The maximum atomic E-state index is 15.7. The van der Waals surface area contributed by atoms with Crippen LogP contribution in [-0.4, -0.2) is 113 Å². The van der Waals surface area contributed by atoms with E-state index in [0.717, 1.165) is 70.2 Å². The zero-order valence-electron chi connectivity index (χ0n) is 42.8. The van der Waals surface area contributed by atoms with E-state index in [0.29, 0.717) is 25.2 Å². The molecule has 15 nitrogen and oxygen atoms in total. The van der Waals surface area contributed by atoms with Crippen molar-refractivity contribution < 1.29 is 38.2 Å². The van der Waals surface area contributed by atoms with E-state index >= 15 is 19.2 Å². The van der Waals surface area contributed by atoms with Crippen LogP contribution in [0.4, 0.5) is 0 Å². The molecular formula is C61H67N7O8. The summed E-state index contributed by atoms with van der Waals surface area (Å²) in [6, 6.07) is 36.7. The molecule has 4 aliphatic rings. The summed E-state index contributed by atoms with van der Waals surface area (Å²) in [5.74, 6) is -2.96. The number of hydrogen-bond acceptors (Lipinski definition) is 9. The molecule has 5 heterocycles. The van der Waals surface area contributed by atoms with Crippen molar-refractivity contribution in [1.29, 1.82) is 0 Å². The second kappa shape index (κ2) is 24.4. The van der Waals surface area contributed by atoms with E-state index in [1.54, 1.807) is 4.90 Å². The van der Waals surface area contributed by atoms with Gasteiger partial charge in [0.05, 0.1) is 19.3 Å². The van der Waals surface area contributed by atoms with Gasteiger partial charge in [0.15, 0.2) is 5.78 Å². The molecule has 3 saturated heterocycles. The number of nitrogens with one attached hydrogen (secondary N) is 5. The number of carbonyl (C=O) groups is 6. The van der Waals surface area contributed by atoms with E-state index < -0.39 is 65.7 Å². The average Bonchev–Trinajstić information content (AvgIpc) is 3.89. The first-order valence-electron chi connectivity index (χ1n) is 26.9. The van der Waals surface area contributed by atoms with Crippen LogP contribution in [-0.2, 0) is 72.3 Å². The molecule has 394 valence electrons. The summed E-state index contributed by atoms with van der Waals surface area (Å²) in [5, 5.41) is 13.6. The Morgan fingerprint density at radius 1 is 0.592 bits per heavy atom. The number of para-hydroxylation sites is 1. The number of fused-ring (bicyclic) bond motifs is 4. The number of benzene rings is 5. The number of morpholine rings is 1. The fourth-order valence-corrected chi connectivity index (χ4v) is 11.4. The highest BCUT2D eigenvalue weighted by atomic mass is 16.5. The number of aromatic amines is 1. The van der Waals surface area contributed by atoms with Crippen LogP contribution >= 0.6 is 0 Å². The lowest BCUT2D eigenvalue weighted by Crippen LogP contribution is -2.64. The maximum absolute atomic E-state index is 15.7. The Labute approximate surface area is 443 Å². The van der Waals surface area contributed by atoms with Crippen LogP contribution in [0.25, 0.3) is 10.9 Å². The molecule has 3 fully saturated rings. The molecule has 0 bridgehead atoms. The molecule has 0 spiro atoms. The number of carbonyl (C=O) groups excluding carboxylic acids is 6. The minimum absolute atomic E-state index is 0.0659. The van der Waals surface area contributed by atoms with Crippen molar-refractivity contribution in [3.05, 3.63) is 173 Å². The number of H-pyrrole nitrogens is 1. The summed E-state index contributed by atoms with van der Waals surface area (Å²) in [6.07, 6.45) is 4.57. The summed E-state index contributed by atoms with van der Waals surface area (Å²) < 4.78 is 12.0. The van der Waals surface area contributed by atoms with Crippen molar-refractivity contribution in [2.45, 2.75) is 101 Å². The minimum Gasteiger partial charge on any atom is -0.489 e. The van der Waals surface area contributed by atoms with E-state index in [1.807, 2.05) is 140 Å². The fraction of sp³-hybridized carbons (Fsp3) is 0.377. The third-order valence-corrected chi connectivity index (χ3v) is 15.7. The zero-order chi connectivity index (χ0) is 52.4. The lowest BCUT2D eigenvalue weighted by atomic mass is 9.83. The highest BCUT2D eigenvalue weighted by Gasteiger charge is 2.45. The molecule has 0 radical (unpaired) electrons. The normalized spacial score (nSPS) is 23.3. The summed E-state index contributed by atoms with van der Waals surface area (Å²) in [7, 11) is 0. The molecule has 0 saturated carbocycles. The predicted molar refractivity (Wildman–Crippen MR) is 288 cm³/mol. The second-order valence-corrected chi connectivity index (χ2v) is 20.8. The van der Waals surface area contributed by atoms with Gasteiger partial charge in [0.25, 0.3) is 0 Å². The maximum Gasteiger partial charge on any atom is 0.246 e. The Morgan fingerprint density at radius 2 is 1.28 bits per heavy atom. The van der Waals surface area contributed by atoms with Gasteiger partial charge in [-0.1, -0.05) is 115 Å². The molecule has 4 aliphatic heterocycles. The van der Waals surface area contributed by atoms with Crippen LogP contribution in [0.15, 0.2) is 140 Å². The number of aryl methyl sites for hydroxylation is 1. The standard InChI is InChI=1S/C61H67N7O8/c69-56-35-46(31-42-25-27-62-28-26-42)57(70)66-53(32-41-19-22-48(23-20-41)76-38-43-13-5-2-6-14-43)60(73)68-37-45-16-8-7-15-44(45)34-54(68)61(74)67-29-30-75-39-55(67)59(72)64-51(24-21-40-11-3-1-4-12-40)58(71)65-52(56)33-47-36-63-50-18-10-9-17-49(47)50/h1-20,22-23,36,42,46,51-55,62-63H,21,24-35,37-39H2,(H,64,72)(H,65,71)(H,66,70)/t46-,51-,52-,53+,54+,55+/m1/s1. The van der Waals surface area contributed by atoms with Gasteiger partial charge in [-0.3, -0.25) is 28.8 Å². The third-order valence-electron chi connectivity index (χ3n) is 15.7. The number of ether oxygens (including phenoxy) is 2. The predicted octanol–water partition coefficient (Wildman–Crippen LogP) is 5.78. The number of amides is 5. The first kappa shape index (κ1) is 51.8. The molecule has 76 heavy (non-hydrogen) atoms. The van der Waals surface area contributed by atoms with Gasteiger partial charge < -0.3 is 45.5 Å². The molecule has 6 aromatic rings. The first-order valence-corrected chi connectivity index (χ1v) is 26.9. The quantitative estimate of drug-likeness (QED) is 0.101. The zero-order valence-corrected chi connectivity index (χ0v) is 42.8. The van der Waals surface area contributed by atoms with Gasteiger partial charge in [0, 0.05) is 61.8 Å². The van der Waals surface area contributed by atoms with Crippen LogP contribution in [0.3, 0.4) is 0 Å². The van der Waals surface area contributed by atoms with E-state index in [-0.39, 0.29) is 70.1 Å². The lowest BCUT2D eigenvalue weighted by molar-refractivity contribution is -0.157. The van der Waals surface area contributed by atoms with Crippen molar-refractivity contribution in [3.8, 4) is 5.75 Å². The van der Waals surface area contributed by atoms with E-state index in [2.05, 4.69) is 26.3 Å². The van der Waals surface area contributed by atoms with Crippen LogP contribution in [0.5, 0.6) is 5.75 Å². The molecule has 10 rings (SSSR count). The molecule has 5 N–H and O–H groups in total. The fourth-order valence-electron chi connectivity index (χ4n) is 11.4. The number of rotatable bonds is 12. The van der Waals surface area contributed by atoms with E-state index in [1.165, 1.54) is 4.90 Å². The van der Waals surface area contributed by atoms with Crippen molar-refractivity contribution in [3.63, 3.8) is 0 Å². The smallest absolute Gasteiger partial charge is 0.246 e. The Hall–Kier alpha value is -7.62. The number of nitrogens with zero attached hydrogens (tertiary/aromatic N) is 2. The van der Waals surface area contributed by atoms with Gasteiger partial charge >= 0.3 is 0 Å². The third kappa shape index (κ3) is 12.5. The number of piperidine rings is 1. The molecule has 5 amide bonds. The first-order chi connectivity index (χ1) is 37.1. The molecule has 1 aromatic heterocycles. The average molecular weight is 1030 g/mol. The summed E-state index contributed by atoms with van der Waals surface area (Å²) in [5.41, 5.74) is 6.14. The van der Waals surface area contributed by atoms with Crippen LogP contribution < -0.4 is 26.0 Å². The van der Waals surface area contributed by atoms with Gasteiger partial charge in [0.2, 0.25) is 29.5 Å². The highest BCUT2D eigenvalue weighted by molar-refractivity contribution is 5.99. The van der Waals surface area contributed by atoms with Gasteiger partial charge in [-0.2, -0.15) is 0 Å². The Bertz CT molecular complexity index is 3000. The largest absolute Gasteiger partial charge is 0.489 e. The van der Waals surface area contributed by atoms with Crippen molar-refractivity contribution >= 4 is 46.2 Å². The SMILES string of the molecule is O=C1N[C@@H](Cc2ccc(OCc3ccccc3)cc2)C(=O)N2Cc3ccccc3C[C@H]2C(=O)N2CCOC[C@H]2C(=O)N[C@H](CCc2ccccc2)C(=O)N[C@H](Cc2c[nH]c3ccccc23)C(=O)C[C@H]1CC1CCNCC1. The minimum atomic E-state index is -1.16. The Morgan fingerprint density at radius 3 is 2.05 bits per heavy atom. The molecular weight excluding hydrogens is 959 g/mol. The lowest BCUT2D eigenvalue weighted by Gasteiger charge is -2.43. The van der Waals surface area contributed by atoms with E-state index in [4.69, 9.17) is 9.47 Å². The molecule has 15 heteroatoms. The van der Waals surface area contributed by atoms with Crippen molar-refractivity contribution in [2.75, 3.05) is 32.8 Å². The second-order valence-electron chi connectivity index (χ2n) is 20.8. The number of hydrogen-bond donors (Lipinski definition) is 5. The topological polar surface area (TPSA) is 191 Å². The van der Waals surface area contributed by atoms with Crippen molar-refractivity contribution in [2.24, 2.45) is 11.8 Å². The van der Waals surface area contributed by atoms with Gasteiger partial charge in [0.1, 0.15) is 36.5 Å². The van der Waals surface area contributed by atoms with Crippen LogP contribution in [0.1, 0.15) is 65.5 Å². The molecule has 0 unspecified atom stereocenters. The highest BCUT2D eigenvalue weighted by Crippen LogP contribution is 2.30. The molecule has 6 atom stereocenters. The van der Waals surface area contributed by atoms with Crippen LogP contribution in [0, 0.1) is 11.8 Å². The molecule has 5 aromatic carbocycles. The number of ketones is 1. The molecule has 0 aliphatic carbocycles. The van der Waals surface area contributed by atoms with E-state index in [9.17, 15) is 9.59 Å². The van der Waals surface area contributed by atoms with Gasteiger partial charge in [-0.05, 0) is 103 Å². The van der Waals surface area contributed by atoms with Crippen LogP contribution in [0.2, 0.25) is 0 Å².